The van der Waals surface area contributed by atoms with Crippen LogP contribution in [0.3, 0.4) is 0 Å². The van der Waals surface area contributed by atoms with Crippen molar-refractivity contribution in [3.8, 4) is 0 Å². The highest BCUT2D eigenvalue weighted by Gasteiger charge is 2.25. The van der Waals surface area contributed by atoms with Crippen LogP contribution >= 0.6 is 11.8 Å². The molecule has 2 saturated heterocycles. The molecule has 1 amide bonds. The second-order valence-corrected chi connectivity index (χ2v) is 8.58. The highest BCUT2D eigenvalue weighted by Crippen LogP contribution is 2.24. The van der Waals surface area contributed by atoms with Crippen molar-refractivity contribution in [3.05, 3.63) is 76.7 Å². The molecule has 0 aromatic heterocycles. The number of para-hydroxylation sites is 1. The second kappa shape index (κ2) is 10.9. The summed E-state index contributed by atoms with van der Waals surface area (Å²) in [6.07, 6.45) is 2.83. The van der Waals surface area contributed by atoms with Crippen LogP contribution in [0.25, 0.3) is 0 Å². The number of carbonyl (C=O) groups is 2. The standard InChI is InChI=1S/C24H25N5O3S/c1-32-22(30)15-21-23(31)26-24(33-21)27-25-16-19-9-5-6-10-20(19)29-13-11-28(12-14-29)17-18-7-3-2-4-8-18/h2-10,15-16H,11-14,17H2,1H3,(H,26,27,31)/b21-15+,25-16?. The summed E-state index contributed by atoms with van der Waals surface area (Å²) in [5.74, 6) is -0.983. The van der Waals surface area contributed by atoms with Crippen LogP contribution in [0.4, 0.5) is 5.69 Å². The fourth-order valence-corrected chi connectivity index (χ4v) is 4.40. The van der Waals surface area contributed by atoms with Gasteiger partial charge in [0, 0.05) is 50.1 Å². The van der Waals surface area contributed by atoms with Crippen molar-refractivity contribution in [2.45, 2.75) is 6.54 Å². The lowest BCUT2D eigenvalue weighted by Gasteiger charge is -2.36. The number of thioether (sulfide) groups is 1. The van der Waals surface area contributed by atoms with Crippen molar-refractivity contribution < 1.29 is 14.3 Å². The summed E-state index contributed by atoms with van der Waals surface area (Å²) in [4.78, 5) is 28.3. The fourth-order valence-electron chi connectivity index (χ4n) is 3.66. The highest BCUT2D eigenvalue weighted by atomic mass is 32.2. The van der Waals surface area contributed by atoms with Crippen LogP contribution in [0.15, 0.2) is 75.8 Å². The Bertz CT molecular complexity index is 1090. The van der Waals surface area contributed by atoms with Gasteiger partial charge in [-0.2, -0.15) is 5.10 Å². The minimum Gasteiger partial charge on any atom is -0.466 e. The average molecular weight is 464 g/mol. The molecule has 2 aromatic rings. The minimum atomic E-state index is -0.588. The average Bonchev–Trinajstić information content (AvgIpc) is 3.19. The number of benzene rings is 2. The minimum absolute atomic E-state index is 0.226. The van der Waals surface area contributed by atoms with Gasteiger partial charge in [0.2, 0.25) is 0 Å². The van der Waals surface area contributed by atoms with Crippen molar-refractivity contribution in [2.24, 2.45) is 10.2 Å². The van der Waals surface area contributed by atoms with Gasteiger partial charge in [-0.3, -0.25) is 15.0 Å². The molecular weight excluding hydrogens is 438 g/mol. The van der Waals surface area contributed by atoms with E-state index in [0.29, 0.717) is 5.17 Å². The number of hydrogen-bond donors (Lipinski definition) is 1. The van der Waals surface area contributed by atoms with E-state index < -0.39 is 11.9 Å². The van der Waals surface area contributed by atoms with Crippen molar-refractivity contribution in [3.63, 3.8) is 0 Å². The van der Waals surface area contributed by atoms with Crippen molar-refractivity contribution in [1.29, 1.82) is 0 Å². The largest absolute Gasteiger partial charge is 0.466 e. The van der Waals surface area contributed by atoms with Gasteiger partial charge in [-0.25, -0.2) is 4.79 Å². The van der Waals surface area contributed by atoms with E-state index in [1.54, 1.807) is 6.21 Å². The molecule has 0 saturated carbocycles. The lowest BCUT2D eigenvalue weighted by molar-refractivity contribution is -0.135. The van der Waals surface area contributed by atoms with Crippen LogP contribution in [0.5, 0.6) is 0 Å². The Balaban J connectivity index is 1.38. The zero-order chi connectivity index (χ0) is 23.0. The number of esters is 1. The van der Waals surface area contributed by atoms with Crippen LogP contribution in [-0.2, 0) is 20.9 Å². The monoisotopic (exact) mass is 463 g/mol. The third-order valence-electron chi connectivity index (χ3n) is 5.35. The molecule has 0 bridgehead atoms. The Kier molecular flexibility index (Phi) is 7.54. The van der Waals surface area contributed by atoms with Crippen LogP contribution in [0.1, 0.15) is 11.1 Å². The number of methoxy groups -OCH3 is 1. The SMILES string of the molecule is COC(=O)/C=C1/S/C(=N\N=Cc2ccccc2N2CCN(Cc3ccccc3)CC2)NC1=O. The third kappa shape index (κ3) is 6.09. The van der Waals surface area contributed by atoms with Crippen molar-refractivity contribution in [1.82, 2.24) is 10.2 Å². The van der Waals surface area contributed by atoms with Crippen molar-refractivity contribution in [2.75, 3.05) is 38.2 Å². The molecule has 0 spiro atoms. The van der Waals surface area contributed by atoms with E-state index in [1.165, 1.54) is 12.7 Å². The molecule has 0 radical (unpaired) electrons. The Morgan fingerprint density at radius 3 is 2.58 bits per heavy atom. The van der Waals surface area contributed by atoms with Gasteiger partial charge in [-0.05, 0) is 23.4 Å². The number of amides is 1. The summed E-state index contributed by atoms with van der Waals surface area (Å²) in [6, 6.07) is 18.6. The van der Waals surface area contributed by atoms with Gasteiger partial charge in [0.05, 0.1) is 18.2 Å². The van der Waals surface area contributed by atoms with E-state index in [0.717, 1.165) is 61.8 Å². The first-order valence-electron chi connectivity index (χ1n) is 10.6. The Morgan fingerprint density at radius 2 is 1.82 bits per heavy atom. The number of amidine groups is 1. The van der Waals surface area contributed by atoms with Crippen molar-refractivity contribution >= 4 is 40.7 Å². The molecular formula is C24H25N5O3S. The summed E-state index contributed by atoms with van der Waals surface area (Å²) in [5.41, 5.74) is 3.40. The first kappa shape index (κ1) is 22.8. The molecule has 2 aliphatic heterocycles. The summed E-state index contributed by atoms with van der Waals surface area (Å²) >= 11 is 1.05. The maximum absolute atomic E-state index is 11.9. The van der Waals surface area contributed by atoms with Crippen LogP contribution in [0, 0.1) is 0 Å². The predicted octanol–water partition coefficient (Wildman–Crippen LogP) is 2.62. The van der Waals surface area contributed by atoms with E-state index in [9.17, 15) is 9.59 Å². The molecule has 8 nitrogen and oxygen atoms in total. The van der Waals surface area contributed by atoms with Gasteiger partial charge >= 0.3 is 5.97 Å². The van der Waals surface area contributed by atoms with Crippen LogP contribution in [0.2, 0.25) is 0 Å². The van der Waals surface area contributed by atoms with Gasteiger partial charge in [-0.1, -0.05) is 48.5 Å². The summed E-state index contributed by atoms with van der Waals surface area (Å²) in [6.45, 7) is 4.80. The normalized spacial score (nSPS) is 19.4. The number of piperazine rings is 1. The molecule has 4 rings (SSSR count). The van der Waals surface area contributed by atoms with Gasteiger partial charge in [0.15, 0.2) is 5.17 Å². The number of anilines is 1. The molecule has 0 unspecified atom stereocenters. The number of nitrogens with zero attached hydrogens (tertiary/aromatic N) is 4. The maximum Gasteiger partial charge on any atom is 0.331 e. The quantitative estimate of drug-likeness (QED) is 0.307. The Labute approximate surface area is 197 Å². The molecule has 9 heteroatoms. The smallest absolute Gasteiger partial charge is 0.331 e. The Hall–Kier alpha value is -3.43. The first-order valence-corrected chi connectivity index (χ1v) is 11.4. The molecule has 1 N–H and O–H groups in total. The molecule has 2 aliphatic rings. The number of ether oxygens (including phenoxy) is 1. The van der Waals surface area contributed by atoms with Crippen LogP contribution < -0.4 is 10.2 Å². The number of carbonyl (C=O) groups excluding carboxylic acids is 2. The van der Waals surface area contributed by atoms with Gasteiger partial charge < -0.3 is 9.64 Å². The van der Waals surface area contributed by atoms with E-state index in [4.69, 9.17) is 0 Å². The Morgan fingerprint density at radius 1 is 1.09 bits per heavy atom. The molecule has 0 aliphatic carbocycles. The zero-order valence-electron chi connectivity index (χ0n) is 18.3. The lowest BCUT2D eigenvalue weighted by Crippen LogP contribution is -2.46. The van der Waals surface area contributed by atoms with Gasteiger partial charge in [-0.15, -0.1) is 5.10 Å². The molecule has 33 heavy (non-hydrogen) atoms. The van der Waals surface area contributed by atoms with E-state index in [-0.39, 0.29) is 4.91 Å². The summed E-state index contributed by atoms with van der Waals surface area (Å²) < 4.78 is 4.56. The van der Waals surface area contributed by atoms with Crippen LogP contribution in [-0.4, -0.2) is 61.4 Å². The molecule has 170 valence electrons. The molecule has 0 atom stereocenters. The van der Waals surface area contributed by atoms with E-state index in [2.05, 4.69) is 60.4 Å². The topological polar surface area (TPSA) is 86.6 Å². The lowest BCUT2D eigenvalue weighted by atomic mass is 10.1. The third-order valence-corrected chi connectivity index (χ3v) is 6.25. The number of nitrogens with one attached hydrogen (secondary N) is 1. The second-order valence-electron chi connectivity index (χ2n) is 7.55. The van der Waals surface area contributed by atoms with E-state index >= 15 is 0 Å². The first-order chi connectivity index (χ1) is 16.1. The maximum atomic E-state index is 11.9. The van der Waals surface area contributed by atoms with Gasteiger partial charge in [0.25, 0.3) is 5.91 Å². The fraction of sp³-hybridized carbons (Fsp3) is 0.250. The predicted molar refractivity (Wildman–Crippen MR) is 131 cm³/mol. The number of rotatable bonds is 6. The molecule has 2 fully saturated rings. The summed E-state index contributed by atoms with van der Waals surface area (Å²) in [7, 11) is 1.26. The summed E-state index contributed by atoms with van der Waals surface area (Å²) in [5, 5.41) is 11.2. The highest BCUT2D eigenvalue weighted by molar-refractivity contribution is 8.18. The molecule has 2 aromatic carbocycles. The van der Waals surface area contributed by atoms with Gasteiger partial charge in [0.1, 0.15) is 0 Å². The zero-order valence-corrected chi connectivity index (χ0v) is 19.1. The molecule has 2 heterocycles. The van der Waals surface area contributed by atoms with E-state index in [1.807, 2.05) is 24.3 Å². The number of hydrogen-bond acceptors (Lipinski definition) is 8.